The van der Waals surface area contributed by atoms with Crippen molar-refractivity contribution < 1.29 is 0 Å². The van der Waals surface area contributed by atoms with Crippen LogP contribution in [0.4, 0.5) is 0 Å². The molecule has 0 heterocycles. The van der Waals surface area contributed by atoms with Gasteiger partial charge in [-0.05, 0) is 18.9 Å². The molecule has 0 spiro atoms. The Morgan fingerprint density at radius 1 is 0.900 bits per heavy atom. The smallest absolute Gasteiger partial charge is 0.0227 e. The van der Waals surface area contributed by atoms with Crippen molar-refractivity contribution in [3.05, 3.63) is 48.6 Å². The predicted octanol–water partition coefficient (Wildman–Crippen LogP) is 2.81. The first-order valence-electron chi connectivity index (χ1n) is 3.56. The minimum atomic E-state index is 1.09. The molecule has 0 bridgehead atoms. The van der Waals surface area contributed by atoms with Gasteiger partial charge in [-0.15, -0.1) is 0 Å². The summed E-state index contributed by atoms with van der Waals surface area (Å²) in [6.45, 7) is 0. The Hall–Kier alpha value is -1.04. The molecule has 0 atom stereocenters. The number of allylic oxidation sites excluding steroid dienone is 8. The normalized spacial score (nSPS) is 30.4. The molecular weight excluding hydrogens is 120 g/mol. The van der Waals surface area contributed by atoms with Gasteiger partial charge in [0.2, 0.25) is 0 Å². The Morgan fingerprint density at radius 3 is 2.80 bits per heavy atom. The zero-order valence-corrected chi connectivity index (χ0v) is 5.96. The molecule has 0 nitrogen and oxygen atoms in total. The van der Waals surface area contributed by atoms with Crippen molar-refractivity contribution in [2.75, 3.05) is 0 Å². The second-order valence-electron chi connectivity index (χ2n) is 2.12. The molecule has 1 radical (unpaired) electrons. The highest BCUT2D eigenvalue weighted by Gasteiger charge is 1.75. The molecule has 0 aromatic rings. The molecule has 0 aromatic carbocycles. The van der Waals surface area contributed by atoms with Crippen LogP contribution in [0.1, 0.15) is 12.8 Å². The van der Waals surface area contributed by atoms with E-state index in [4.69, 9.17) is 0 Å². The van der Waals surface area contributed by atoms with Crippen LogP contribution in [0.5, 0.6) is 0 Å². The van der Waals surface area contributed by atoms with Crippen LogP contribution in [-0.4, -0.2) is 0 Å². The zero-order chi connectivity index (χ0) is 7.07. The lowest BCUT2D eigenvalue weighted by Crippen LogP contribution is -1.65. The molecule has 0 aliphatic heterocycles. The minimum Gasteiger partial charge on any atom is -0.0842 e. The molecule has 1 aliphatic rings. The first kappa shape index (κ1) is 7.07. The van der Waals surface area contributed by atoms with E-state index < -0.39 is 0 Å². The molecule has 0 saturated heterocycles. The monoisotopic (exact) mass is 131 g/mol. The van der Waals surface area contributed by atoms with Crippen LogP contribution in [-0.2, 0) is 0 Å². The summed E-state index contributed by atoms with van der Waals surface area (Å²) in [5.74, 6) is 0. The molecule has 0 unspecified atom stereocenters. The van der Waals surface area contributed by atoms with E-state index in [-0.39, 0.29) is 0 Å². The van der Waals surface area contributed by atoms with Crippen LogP contribution in [0.3, 0.4) is 0 Å². The van der Waals surface area contributed by atoms with Crippen molar-refractivity contribution in [1.82, 2.24) is 0 Å². The lowest BCUT2D eigenvalue weighted by Gasteiger charge is -1.84. The topological polar surface area (TPSA) is 0 Å². The van der Waals surface area contributed by atoms with Gasteiger partial charge in [0.05, 0.1) is 0 Å². The van der Waals surface area contributed by atoms with Crippen molar-refractivity contribution in [3.63, 3.8) is 0 Å². The summed E-state index contributed by atoms with van der Waals surface area (Å²) in [6, 6.07) is 0. The van der Waals surface area contributed by atoms with Gasteiger partial charge in [0.15, 0.2) is 0 Å². The third-order valence-corrected chi connectivity index (χ3v) is 1.26. The second kappa shape index (κ2) is 4.80. The van der Waals surface area contributed by atoms with Gasteiger partial charge in [-0.25, -0.2) is 0 Å². The van der Waals surface area contributed by atoms with Gasteiger partial charge in [-0.1, -0.05) is 42.5 Å². The second-order valence-corrected chi connectivity index (χ2v) is 2.12. The summed E-state index contributed by atoms with van der Waals surface area (Å²) in [5, 5.41) is 0. The molecule has 0 saturated carbocycles. The molecule has 1 aliphatic carbocycles. The van der Waals surface area contributed by atoms with Crippen molar-refractivity contribution in [2.24, 2.45) is 0 Å². The van der Waals surface area contributed by atoms with Crippen LogP contribution in [0.25, 0.3) is 0 Å². The van der Waals surface area contributed by atoms with Gasteiger partial charge in [0.25, 0.3) is 0 Å². The van der Waals surface area contributed by atoms with Crippen molar-refractivity contribution in [2.45, 2.75) is 12.8 Å². The van der Waals surface area contributed by atoms with Crippen LogP contribution in [0.15, 0.2) is 42.5 Å². The Bertz CT molecular complexity index is 158. The van der Waals surface area contributed by atoms with Crippen LogP contribution in [0.2, 0.25) is 0 Å². The molecule has 0 heteroatoms. The molecule has 51 valence electrons. The average Bonchev–Trinajstić information content (AvgIpc) is 2.01. The first-order valence-corrected chi connectivity index (χ1v) is 3.56. The summed E-state index contributed by atoms with van der Waals surface area (Å²) in [6.07, 6.45) is 19.5. The predicted molar refractivity (Wildman–Crippen MR) is 44.5 cm³/mol. The maximum atomic E-state index is 3.06. The number of rotatable bonds is 0. The van der Waals surface area contributed by atoms with Crippen molar-refractivity contribution in [3.8, 4) is 0 Å². The molecule has 1 rings (SSSR count). The fourth-order valence-corrected chi connectivity index (χ4v) is 0.745. The maximum absolute atomic E-state index is 3.06. The van der Waals surface area contributed by atoms with Crippen LogP contribution >= 0.6 is 0 Å². The standard InChI is InChI=1S/C10H11/c1-2-4-6-8-10-9-7-5-3-1/h1-6,10H,7,9H2/b2-1-,5-3-,6-4+,10-8?. The molecule has 0 aromatic heterocycles. The quantitative estimate of drug-likeness (QED) is 0.474. The summed E-state index contributed by atoms with van der Waals surface area (Å²) in [7, 11) is 0. The summed E-state index contributed by atoms with van der Waals surface area (Å²) >= 11 is 0. The molecule has 10 heavy (non-hydrogen) atoms. The van der Waals surface area contributed by atoms with E-state index >= 15 is 0 Å². The van der Waals surface area contributed by atoms with Crippen LogP contribution < -0.4 is 0 Å². The summed E-state index contributed by atoms with van der Waals surface area (Å²) < 4.78 is 0. The van der Waals surface area contributed by atoms with Gasteiger partial charge in [-0.3, -0.25) is 0 Å². The van der Waals surface area contributed by atoms with E-state index in [0.717, 1.165) is 12.8 Å². The number of hydrogen-bond donors (Lipinski definition) is 0. The lowest BCUT2D eigenvalue weighted by atomic mass is 10.2. The highest BCUT2D eigenvalue weighted by atomic mass is 13.8. The minimum absolute atomic E-state index is 1.09. The molecule has 0 N–H and O–H groups in total. The Morgan fingerprint density at radius 2 is 1.80 bits per heavy atom. The fraction of sp³-hybridized carbons (Fsp3) is 0.200. The van der Waals surface area contributed by atoms with E-state index in [2.05, 4.69) is 24.3 Å². The summed E-state index contributed by atoms with van der Waals surface area (Å²) in [5.41, 5.74) is 0. The van der Waals surface area contributed by atoms with Gasteiger partial charge in [-0.2, -0.15) is 0 Å². The van der Waals surface area contributed by atoms with Crippen LogP contribution in [0, 0.1) is 6.08 Å². The Kier molecular flexibility index (Phi) is 3.40. The highest BCUT2D eigenvalue weighted by molar-refractivity contribution is 5.14. The zero-order valence-electron chi connectivity index (χ0n) is 5.96. The van der Waals surface area contributed by atoms with Gasteiger partial charge >= 0.3 is 0 Å². The van der Waals surface area contributed by atoms with Crippen molar-refractivity contribution >= 4 is 0 Å². The van der Waals surface area contributed by atoms with E-state index in [1.54, 1.807) is 0 Å². The summed E-state index contributed by atoms with van der Waals surface area (Å²) in [4.78, 5) is 0. The van der Waals surface area contributed by atoms with E-state index in [1.807, 2.05) is 24.3 Å². The Labute approximate surface area is 62.3 Å². The van der Waals surface area contributed by atoms with Gasteiger partial charge in [0, 0.05) is 0 Å². The van der Waals surface area contributed by atoms with E-state index in [9.17, 15) is 0 Å². The fourth-order valence-electron chi connectivity index (χ4n) is 0.745. The van der Waals surface area contributed by atoms with Crippen molar-refractivity contribution in [1.29, 1.82) is 0 Å². The maximum Gasteiger partial charge on any atom is -0.0227 e. The SMILES string of the molecule is [C]1=C/CC\C=C/C=C\C=C\1. The molecular formula is C10H11. The first-order chi connectivity index (χ1) is 5.00. The van der Waals surface area contributed by atoms with Gasteiger partial charge in [0.1, 0.15) is 0 Å². The lowest BCUT2D eigenvalue weighted by molar-refractivity contribution is 1.05. The average molecular weight is 131 g/mol. The molecule has 0 fully saturated rings. The third-order valence-electron chi connectivity index (χ3n) is 1.26. The highest BCUT2D eigenvalue weighted by Crippen LogP contribution is 1.95. The molecule has 0 amide bonds. The number of hydrogen-bond acceptors (Lipinski definition) is 0. The van der Waals surface area contributed by atoms with E-state index in [1.165, 1.54) is 0 Å². The van der Waals surface area contributed by atoms with E-state index in [0.29, 0.717) is 0 Å². The Balaban J connectivity index is 2.53. The van der Waals surface area contributed by atoms with Gasteiger partial charge < -0.3 is 0 Å². The largest absolute Gasteiger partial charge is 0.0842 e. The third kappa shape index (κ3) is 3.08.